The molecule has 1 fully saturated rings. The van der Waals surface area contributed by atoms with Gasteiger partial charge < -0.3 is 15.0 Å². The van der Waals surface area contributed by atoms with Gasteiger partial charge in [0.25, 0.3) is 5.91 Å². The Morgan fingerprint density at radius 3 is 2.36 bits per heavy atom. The third-order valence-electron chi connectivity index (χ3n) is 5.62. The number of nitrogens with zero attached hydrogens (tertiary/aromatic N) is 1. The van der Waals surface area contributed by atoms with E-state index in [2.05, 4.69) is 48.3 Å². The van der Waals surface area contributed by atoms with Crippen molar-refractivity contribution in [3.8, 4) is 5.75 Å². The maximum absolute atomic E-state index is 12.2. The molecule has 2 aromatic carbocycles. The molecule has 0 aromatic heterocycles. The van der Waals surface area contributed by atoms with Crippen molar-refractivity contribution in [2.45, 2.75) is 46.1 Å². The Labute approximate surface area is 168 Å². The fraction of sp³-hybridized carbons (Fsp3) is 0.458. The van der Waals surface area contributed by atoms with E-state index in [0.29, 0.717) is 0 Å². The first kappa shape index (κ1) is 20.2. The topological polar surface area (TPSA) is 41.6 Å². The van der Waals surface area contributed by atoms with Crippen LogP contribution in [0.2, 0.25) is 0 Å². The summed E-state index contributed by atoms with van der Waals surface area (Å²) in [6.45, 7) is 8.73. The van der Waals surface area contributed by atoms with E-state index in [4.69, 9.17) is 4.74 Å². The van der Waals surface area contributed by atoms with Crippen LogP contribution in [0.25, 0.3) is 0 Å². The second-order valence-corrected chi connectivity index (χ2v) is 7.84. The van der Waals surface area contributed by atoms with Gasteiger partial charge in [0.1, 0.15) is 5.75 Å². The molecule has 0 aliphatic carbocycles. The van der Waals surface area contributed by atoms with Gasteiger partial charge in [0.15, 0.2) is 6.61 Å². The zero-order chi connectivity index (χ0) is 19.9. The molecule has 0 saturated carbocycles. The number of benzene rings is 2. The first-order valence-corrected chi connectivity index (χ1v) is 10.4. The molecule has 2 aromatic rings. The van der Waals surface area contributed by atoms with Gasteiger partial charge >= 0.3 is 0 Å². The first-order valence-electron chi connectivity index (χ1n) is 10.4. The molecule has 1 heterocycles. The average Bonchev–Trinajstić information content (AvgIpc) is 2.73. The SMILES string of the molecule is CCc1ccc(OCC(=O)N[C@H](C)c2ccc(N3CCC(C)CC3)cc2)cc1. The second-order valence-electron chi connectivity index (χ2n) is 7.84. The number of nitrogens with one attached hydrogen (secondary N) is 1. The Hall–Kier alpha value is -2.49. The van der Waals surface area contributed by atoms with Crippen molar-refractivity contribution < 1.29 is 9.53 Å². The Morgan fingerprint density at radius 2 is 1.75 bits per heavy atom. The van der Waals surface area contributed by atoms with Crippen LogP contribution in [0.15, 0.2) is 48.5 Å². The zero-order valence-corrected chi connectivity index (χ0v) is 17.3. The number of hydrogen-bond donors (Lipinski definition) is 1. The lowest BCUT2D eigenvalue weighted by atomic mass is 9.98. The molecule has 4 heteroatoms. The molecule has 28 heavy (non-hydrogen) atoms. The van der Waals surface area contributed by atoms with Crippen molar-refractivity contribution in [2.75, 3.05) is 24.6 Å². The largest absolute Gasteiger partial charge is 0.484 e. The third kappa shape index (κ3) is 5.51. The molecular weight excluding hydrogens is 348 g/mol. The van der Waals surface area contributed by atoms with Gasteiger partial charge in [0, 0.05) is 18.8 Å². The highest BCUT2D eigenvalue weighted by atomic mass is 16.5. The van der Waals surface area contributed by atoms with E-state index >= 15 is 0 Å². The van der Waals surface area contributed by atoms with Crippen LogP contribution in [0.1, 0.15) is 50.8 Å². The molecule has 0 unspecified atom stereocenters. The van der Waals surface area contributed by atoms with Crippen LogP contribution in [-0.2, 0) is 11.2 Å². The number of amides is 1. The maximum atomic E-state index is 12.2. The van der Waals surface area contributed by atoms with Crippen molar-refractivity contribution in [1.82, 2.24) is 5.32 Å². The van der Waals surface area contributed by atoms with E-state index in [9.17, 15) is 4.79 Å². The van der Waals surface area contributed by atoms with Gasteiger partial charge in [-0.1, -0.05) is 38.1 Å². The highest BCUT2D eigenvalue weighted by Gasteiger charge is 2.16. The molecule has 150 valence electrons. The summed E-state index contributed by atoms with van der Waals surface area (Å²) in [5, 5.41) is 3.02. The van der Waals surface area contributed by atoms with Crippen LogP contribution < -0.4 is 15.0 Å². The normalized spacial score (nSPS) is 15.9. The number of rotatable bonds is 7. The molecule has 1 aliphatic heterocycles. The molecular formula is C24H32N2O2. The summed E-state index contributed by atoms with van der Waals surface area (Å²) in [5.41, 5.74) is 3.63. The number of carbonyl (C=O) groups excluding carboxylic acids is 1. The molecule has 0 radical (unpaired) electrons. The quantitative estimate of drug-likeness (QED) is 0.754. The molecule has 1 atom stereocenters. The van der Waals surface area contributed by atoms with Crippen LogP contribution >= 0.6 is 0 Å². The fourth-order valence-corrected chi connectivity index (χ4v) is 3.58. The summed E-state index contributed by atoms with van der Waals surface area (Å²) in [6, 6.07) is 16.4. The van der Waals surface area contributed by atoms with Gasteiger partial charge in [-0.05, 0) is 67.5 Å². The third-order valence-corrected chi connectivity index (χ3v) is 5.62. The van der Waals surface area contributed by atoms with E-state index in [-0.39, 0.29) is 18.6 Å². The zero-order valence-electron chi connectivity index (χ0n) is 17.3. The minimum absolute atomic E-state index is 0.0276. The summed E-state index contributed by atoms with van der Waals surface area (Å²) in [5.74, 6) is 1.44. The van der Waals surface area contributed by atoms with Crippen LogP contribution in [-0.4, -0.2) is 25.6 Å². The Kier molecular flexibility index (Phi) is 6.96. The number of aryl methyl sites for hydroxylation is 1. The lowest BCUT2D eigenvalue weighted by molar-refractivity contribution is -0.123. The highest BCUT2D eigenvalue weighted by molar-refractivity contribution is 5.78. The minimum Gasteiger partial charge on any atom is -0.484 e. The Balaban J connectivity index is 1.48. The molecule has 0 bridgehead atoms. The number of piperidine rings is 1. The average molecular weight is 381 g/mol. The van der Waals surface area contributed by atoms with Gasteiger partial charge in [-0.15, -0.1) is 0 Å². The lowest BCUT2D eigenvalue weighted by Crippen LogP contribution is -2.33. The molecule has 0 spiro atoms. The van der Waals surface area contributed by atoms with Gasteiger partial charge in [-0.25, -0.2) is 0 Å². The van der Waals surface area contributed by atoms with Crippen LogP contribution in [0.5, 0.6) is 5.75 Å². The Bertz CT molecular complexity index is 747. The van der Waals surface area contributed by atoms with Crippen LogP contribution in [0.4, 0.5) is 5.69 Å². The maximum Gasteiger partial charge on any atom is 0.258 e. The fourth-order valence-electron chi connectivity index (χ4n) is 3.58. The van der Waals surface area contributed by atoms with Crippen LogP contribution in [0, 0.1) is 5.92 Å². The molecule has 1 N–H and O–H groups in total. The second kappa shape index (κ2) is 9.63. The van der Waals surface area contributed by atoms with Gasteiger partial charge in [0.2, 0.25) is 0 Å². The summed E-state index contributed by atoms with van der Waals surface area (Å²) in [7, 11) is 0. The van der Waals surface area contributed by atoms with Gasteiger partial charge in [-0.2, -0.15) is 0 Å². The first-order chi connectivity index (χ1) is 13.5. The molecule has 1 aliphatic rings. The number of carbonyl (C=O) groups is 1. The van der Waals surface area contributed by atoms with Crippen molar-refractivity contribution in [1.29, 1.82) is 0 Å². The molecule has 4 nitrogen and oxygen atoms in total. The minimum atomic E-state index is -0.110. The lowest BCUT2D eigenvalue weighted by Gasteiger charge is -2.32. The smallest absolute Gasteiger partial charge is 0.258 e. The number of anilines is 1. The summed E-state index contributed by atoms with van der Waals surface area (Å²) in [6.07, 6.45) is 3.51. The van der Waals surface area contributed by atoms with Gasteiger partial charge in [0.05, 0.1) is 6.04 Å². The summed E-state index contributed by atoms with van der Waals surface area (Å²) in [4.78, 5) is 14.7. The highest BCUT2D eigenvalue weighted by Crippen LogP contribution is 2.24. The standard InChI is InChI=1S/C24H32N2O2/c1-4-20-5-11-23(12-6-20)28-17-24(27)25-19(3)21-7-9-22(10-8-21)26-15-13-18(2)14-16-26/h5-12,18-19H,4,13-17H2,1-3H3,(H,25,27)/t19-/m1/s1. The van der Waals surface area contributed by atoms with E-state index in [1.807, 2.05) is 31.2 Å². The predicted octanol–water partition coefficient (Wildman–Crippen LogP) is 4.74. The van der Waals surface area contributed by atoms with Crippen molar-refractivity contribution in [3.05, 3.63) is 59.7 Å². The van der Waals surface area contributed by atoms with Crippen LogP contribution in [0.3, 0.4) is 0 Å². The Morgan fingerprint density at radius 1 is 1.11 bits per heavy atom. The number of hydrogen-bond acceptors (Lipinski definition) is 3. The van der Waals surface area contributed by atoms with Gasteiger partial charge in [-0.3, -0.25) is 4.79 Å². The van der Waals surface area contributed by atoms with E-state index < -0.39 is 0 Å². The predicted molar refractivity (Wildman–Crippen MR) is 115 cm³/mol. The summed E-state index contributed by atoms with van der Waals surface area (Å²) >= 11 is 0. The molecule has 1 saturated heterocycles. The van der Waals surface area contributed by atoms with E-state index in [0.717, 1.165) is 36.7 Å². The van der Waals surface area contributed by atoms with Crippen molar-refractivity contribution >= 4 is 11.6 Å². The monoisotopic (exact) mass is 380 g/mol. The molecule has 1 amide bonds. The van der Waals surface area contributed by atoms with E-state index in [1.165, 1.54) is 24.1 Å². The summed E-state index contributed by atoms with van der Waals surface area (Å²) < 4.78 is 5.59. The van der Waals surface area contributed by atoms with E-state index in [1.54, 1.807) is 0 Å². The van der Waals surface area contributed by atoms with Crippen molar-refractivity contribution in [2.24, 2.45) is 5.92 Å². The molecule has 3 rings (SSSR count). The number of ether oxygens (including phenoxy) is 1. The van der Waals surface area contributed by atoms with Crippen molar-refractivity contribution in [3.63, 3.8) is 0 Å².